The Morgan fingerprint density at radius 1 is 1.24 bits per heavy atom. The van der Waals surface area contributed by atoms with Gasteiger partial charge in [0.05, 0.1) is 11.1 Å². The molecule has 91 valence electrons. The molecular formula is C14H16ClO2. The van der Waals surface area contributed by atoms with Gasteiger partial charge in [-0.05, 0) is 25.8 Å². The third-order valence-electron chi connectivity index (χ3n) is 3.60. The molecule has 1 fully saturated rings. The van der Waals surface area contributed by atoms with Crippen molar-refractivity contribution in [3.8, 4) is 5.75 Å². The van der Waals surface area contributed by atoms with E-state index in [0.29, 0.717) is 5.02 Å². The van der Waals surface area contributed by atoms with Crippen LogP contribution in [0.25, 0.3) is 0 Å². The van der Waals surface area contributed by atoms with E-state index in [4.69, 9.17) is 21.1 Å². The zero-order valence-corrected chi connectivity index (χ0v) is 10.5. The molecule has 2 aliphatic rings. The first kappa shape index (κ1) is 11.4. The largest absolute Gasteiger partial charge is 0.460 e. The summed E-state index contributed by atoms with van der Waals surface area (Å²) in [5.74, 6) is 0.283. The minimum Gasteiger partial charge on any atom is -0.460 e. The first-order valence-electron chi connectivity index (χ1n) is 6.19. The van der Waals surface area contributed by atoms with Gasteiger partial charge in [-0.25, -0.2) is 0 Å². The van der Waals surface area contributed by atoms with E-state index >= 15 is 0 Å². The Labute approximate surface area is 107 Å². The van der Waals surface area contributed by atoms with Gasteiger partial charge in [0.1, 0.15) is 5.75 Å². The van der Waals surface area contributed by atoms with Crippen molar-refractivity contribution in [1.82, 2.24) is 0 Å². The van der Waals surface area contributed by atoms with E-state index in [0.717, 1.165) is 37.0 Å². The summed E-state index contributed by atoms with van der Waals surface area (Å²) in [7, 11) is 0. The van der Waals surface area contributed by atoms with Crippen LogP contribution in [-0.4, -0.2) is 5.79 Å². The lowest BCUT2D eigenvalue weighted by molar-refractivity contribution is -0.234. The van der Waals surface area contributed by atoms with E-state index < -0.39 is 5.79 Å². The van der Waals surface area contributed by atoms with Gasteiger partial charge in [-0.1, -0.05) is 30.2 Å². The highest BCUT2D eigenvalue weighted by molar-refractivity contribution is 6.32. The highest BCUT2D eigenvalue weighted by Gasteiger charge is 2.42. The van der Waals surface area contributed by atoms with Crippen LogP contribution in [-0.2, 0) is 4.74 Å². The van der Waals surface area contributed by atoms with Gasteiger partial charge in [-0.2, -0.15) is 0 Å². The van der Waals surface area contributed by atoms with Crippen LogP contribution in [0.1, 0.15) is 43.8 Å². The molecule has 1 aliphatic heterocycles. The summed E-state index contributed by atoms with van der Waals surface area (Å²) in [4.78, 5) is 0. The Balaban J connectivity index is 1.99. The first-order chi connectivity index (χ1) is 8.20. The Morgan fingerprint density at radius 3 is 2.76 bits per heavy atom. The van der Waals surface area contributed by atoms with Crippen molar-refractivity contribution in [2.75, 3.05) is 0 Å². The molecule has 1 heterocycles. The number of ether oxygens (including phenoxy) is 2. The monoisotopic (exact) mass is 251 g/mol. The predicted octanol–water partition coefficient (Wildman–Crippen LogP) is 4.28. The number of rotatable bonds is 0. The number of hydrogen-bond donors (Lipinski definition) is 0. The van der Waals surface area contributed by atoms with Gasteiger partial charge >= 0.3 is 0 Å². The molecule has 1 atom stereocenters. The molecule has 1 aromatic rings. The van der Waals surface area contributed by atoms with Crippen LogP contribution in [0.15, 0.2) is 18.2 Å². The third-order valence-corrected chi connectivity index (χ3v) is 3.90. The predicted molar refractivity (Wildman–Crippen MR) is 67.1 cm³/mol. The Morgan fingerprint density at radius 2 is 2.00 bits per heavy atom. The average molecular weight is 252 g/mol. The highest BCUT2D eigenvalue weighted by Crippen LogP contribution is 2.47. The maximum atomic E-state index is 6.20. The van der Waals surface area contributed by atoms with Crippen LogP contribution in [0.2, 0.25) is 5.02 Å². The van der Waals surface area contributed by atoms with Crippen molar-refractivity contribution >= 4 is 11.6 Å². The second-order valence-corrected chi connectivity index (χ2v) is 5.25. The second kappa shape index (κ2) is 4.18. The summed E-state index contributed by atoms with van der Waals surface area (Å²) in [5, 5.41) is 0.657. The molecule has 0 amide bonds. The molecule has 2 nitrogen and oxygen atoms in total. The van der Waals surface area contributed by atoms with Gasteiger partial charge in [0.2, 0.25) is 5.79 Å². The van der Waals surface area contributed by atoms with Crippen LogP contribution in [0.4, 0.5) is 0 Å². The lowest BCUT2D eigenvalue weighted by atomic mass is 9.92. The van der Waals surface area contributed by atoms with E-state index in [1.165, 1.54) is 6.42 Å². The SMILES string of the molecule is [CH2][C@@H]1OC2(CCCCC2)Oc2c(Cl)cccc21. The molecule has 0 bridgehead atoms. The first-order valence-corrected chi connectivity index (χ1v) is 6.56. The van der Waals surface area contributed by atoms with E-state index in [1.807, 2.05) is 18.2 Å². The lowest BCUT2D eigenvalue weighted by Gasteiger charge is -2.43. The van der Waals surface area contributed by atoms with Gasteiger partial charge in [0.25, 0.3) is 0 Å². The van der Waals surface area contributed by atoms with Crippen LogP contribution in [0.3, 0.4) is 0 Å². The van der Waals surface area contributed by atoms with E-state index in [9.17, 15) is 0 Å². The van der Waals surface area contributed by atoms with Crippen molar-refractivity contribution < 1.29 is 9.47 Å². The molecule has 1 aromatic carbocycles. The zero-order chi connectivity index (χ0) is 11.9. The van der Waals surface area contributed by atoms with Crippen molar-refractivity contribution in [3.63, 3.8) is 0 Å². The minimum absolute atomic E-state index is 0.185. The minimum atomic E-state index is -0.483. The summed E-state index contributed by atoms with van der Waals surface area (Å²) in [6.07, 6.45) is 5.23. The Hall–Kier alpha value is -0.730. The number of halogens is 1. The van der Waals surface area contributed by atoms with Crippen molar-refractivity contribution in [2.24, 2.45) is 0 Å². The molecule has 0 saturated heterocycles. The molecule has 3 rings (SSSR count). The fourth-order valence-corrected chi connectivity index (χ4v) is 2.95. The van der Waals surface area contributed by atoms with Crippen LogP contribution >= 0.6 is 11.6 Å². The van der Waals surface area contributed by atoms with E-state index in [1.54, 1.807) is 0 Å². The maximum absolute atomic E-state index is 6.20. The Kier molecular flexibility index (Phi) is 2.80. The van der Waals surface area contributed by atoms with Crippen molar-refractivity contribution in [2.45, 2.75) is 44.0 Å². The molecule has 0 aromatic heterocycles. The molecule has 0 unspecified atom stereocenters. The maximum Gasteiger partial charge on any atom is 0.211 e. The second-order valence-electron chi connectivity index (χ2n) is 4.84. The summed E-state index contributed by atoms with van der Waals surface area (Å²) in [5.41, 5.74) is 0.952. The molecule has 1 spiro atoms. The summed E-state index contributed by atoms with van der Waals surface area (Å²) in [6.45, 7) is 4.07. The summed E-state index contributed by atoms with van der Waals surface area (Å²) >= 11 is 6.20. The zero-order valence-electron chi connectivity index (χ0n) is 9.75. The summed E-state index contributed by atoms with van der Waals surface area (Å²) in [6, 6.07) is 5.73. The number of fused-ring (bicyclic) bond motifs is 1. The quantitative estimate of drug-likeness (QED) is 0.685. The van der Waals surface area contributed by atoms with Crippen molar-refractivity contribution in [1.29, 1.82) is 0 Å². The number of para-hydroxylation sites is 1. The lowest BCUT2D eigenvalue weighted by Crippen LogP contribution is -2.44. The molecule has 1 saturated carbocycles. The normalized spacial score (nSPS) is 26.4. The standard InChI is InChI=1S/C14H16ClO2/c1-10-11-6-5-7-12(15)13(11)17-14(16-10)8-3-2-4-9-14/h5-7,10H,1-4,8-9H2/t10-/m0/s1. The smallest absolute Gasteiger partial charge is 0.211 e. The van der Waals surface area contributed by atoms with Gasteiger partial charge in [-0.3, -0.25) is 0 Å². The molecule has 17 heavy (non-hydrogen) atoms. The Bertz CT molecular complexity index is 424. The summed E-state index contributed by atoms with van der Waals surface area (Å²) < 4.78 is 12.1. The van der Waals surface area contributed by atoms with Crippen LogP contribution in [0.5, 0.6) is 5.75 Å². The molecule has 3 heteroatoms. The molecular weight excluding hydrogens is 236 g/mol. The highest BCUT2D eigenvalue weighted by atomic mass is 35.5. The van der Waals surface area contributed by atoms with Crippen LogP contribution < -0.4 is 4.74 Å². The molecule has 1 aliphatic carbocycles. The van der Waals surface area contributed by atoms with Gasteiger partial charge in [-0.15, -0.1) is 0 Å². The molecule has 0 N–H and O–H groups in total. The van der Waals surface area contributed by atoms with E-state index in [-0.39, 0.29) is 6.10 Å². The van der Waals surface area contributed by atoms with Gasteiger partial charge in [0, 0.05) is 18.4 Å². The number of hydrogen-bond acceptors (Lipinski definition) is 2. The van der Waals surface area contributed by atoms with E-state index in [2.05, 4.69) is 6.92 Å². The topological polar surface area (TPSA) is 18.5 Å². The fraction of sp³-hybridized carbons (Fsp3) is 0.500. The fourth-order valence-electron chi connectivity index (χ4n) is 2.73. The number of benzene rings is 1. The van der Waals surface area contributed by atoms with Crippen LogP contribution in [0, 0.1) is 6.92 Å². The third kappa shape index (κ3) is 1.94. The van der Waals surface area contributed by atoms with Gasteiger partial charge in [0.15, 0.2) is 0 Å². The average Bonchev–Trinajstić information content (AvgIpc) is 2.32. The van der Waals surface area contributed by atoms with Gasteiger partial charge < -0.3 is 9.47 Å². The van der Waals surface area contributed by atoms with Crippen molar-refractivity contribution in [3.05, 3.63) is 35.7 Å². The molecule has 1 radical (unpaired) electrons.